The van der Waals surface area contributed by atoms with Gasteiger partial charge in [-0.1, -0.05) is 42.5 Å². The molecule has 26 heteroatoms. The van der Waals surface area contributed by atoms with E-state index in [0.717, 1.165) is 16.7 Å². The number of ether oxygens (including phenoxy) is 3. The molecule has 4 N–H and O–H groups in total. The molecule has 0 radical (unpaired) electrons. The topological polar surface area (TPSA) is 305 Å². The zero-order valence-electron chi connectivity index (χ0n) is 42.5. The number of carboxylic acids is 1. The van der Waals surface area contributed by atoms with Gasteiger partial charge in [0, 0.05) is 23.2 Å². The molecule has 2 aliphatic heterocycles. The zero-order valence-corrected chi connectivity index (χ0v) is 44.3. The third kappa shape index (κ3) is 12.4. The van der Waals surface area contributed by atoms with Crippen LogP contribution in [0.2, 0.25) is 0 Å². The molecule has 0 bridgehead atoms. The number of rotatable bonds is 21. The molecular weight excluding hydrogens is 1090 g/mol. The average Bonchev–Trinajstić information content (AvgIpc) is 4.03. The summed E-state index contributed by atoms with van der Waals surface area (Å²) < 4.78 is 85.5. The zero-order chi connectivity index (χ0) is 57.6. The Bertz CT molecular complexity index is 3670. The first kappa shape index (κ1) is 57.5. The largest absolute Gasteiger partial charge is 0.505 e. The molecular formula is C54H48F2N4O18P2. The number of benzene rings is 5. The quantitative estimate of drug-likeness (QED) is 0.0298. The van der Waals surface area contributed by atoms with Gasteiger partial charge in [-0.3, -0.25) is 52.6 Å². The number of carbonyl (C=O) groups excluding carboxylic acids is 5. The number of phenolic OH excluding ortho intramolecular Hbond substituents is 2. The number of hydrogen-bond acceptors (Lipinski definition) is 18. The fraction of sp³-hybridized carbons (Fsp3) is 0.222. The van der Waals surface area contributed by atoms with Gasteiger partial charge in [-0.05, 0) is 92.6 Å². The van der Waals surface area contributed by atoms with E-state index in [1.54, 1.807) is 49.4 Å². The first-order valence-electron chi connectivity index (χ1n) is 24.3. The SMILES string of the molecule is CCOC(=O)[C@@H](C)OP(=O)(CCOc1c2c(c(O)c3ncccc13)C(=O)N(Cc1ccc(F)cc1)C2=O)Oc1ccccc1.C[C@H](OP(=O)(O)CCOc1c2c(c(O)c3ncccc13)C(=O)N(Cc1ccc(F)cc1)C2=O)C(=O)O. The van der Waals surface area contributed by atoms with Crippen LogP contribution in [0.4, 0.5) is 8.78 Å². The highest BCUT2D eigenvalue weighted by atomic mass is 31.2. The van der Waals surface area contributed by atoms with Crippen LogP contribution in [0.1, 0.15) is 73.3 Å². The lowest BCUT2D eigenvalue weighted by molar-refractivity contribution is -0.150. The van der Waals surface area contributed by atoms with Crippen LogP contribution in [-0.2, 0) is 45.6 Å². The van der Waals surface area contributed by atoms with E-state index >= 15 is 0 Å². The summed E-state index contributed by atoms with van der Waals surface area (Å²) in [5, 5.41) is 31.1. The number of halogens is 2. The molecule has 9 rings (SSSR count). The number of carbonyl (C=O) groups is 6. The number of fused-ring (bicyclic) bond motifs is 4. The summed E-state index contributed by atoms with van der Waals surface area (Å²) in [6.07, 6.45) is -0.996. The summed E-state index contributed by atoms with van der Waals surface area (Å²) in [4.78, 5) is 96.6. The normalized spacial score (nSPS) is 15.1. The van der Waals surface area contributed by atoms with Crippen LogP contribution in [0.15, 0.2) is 116 Å². The van der Waals surface area contributed by atoms with Gasteiger partial charge in [0.2, 0.25) is 0 Å². The molecule has 4 amide bonds. The minimum absolute atomic E-state index is 0.0157. The van der Waals surface area contributed by atoms with Crippen molar-refractivity contribution in [3.63, 3.8) is 0 Å². The summed E-state index contributed by atoms with van der Waals surface area (Å²) >= 11 is 0. The number of amides is 4. The van der Waals surface area contributed by atoms with Crippen LogP contribution in [-0.4, -0.2) is 120 Å². The number of esters is 1. The first-order chi connectivity index (χ1) is 38.1. The second-order valence-corrected chi connectivity index (χ2v) is 21.7. The minimum Gasteiger partial charge on any atom is -0.505 e. The number of imide groups is 2. The minimum atomic E-state index is -4.38. The number of hydrogen-bond donors (Lipinski definition) is 4. The number of phenols is 2. The second kappa shape index (κ2) is 24.1. The van der Waals surface area contributed by atoms with E-state index < -0.39 is 98.9 Å². The Morgan fingerprint density at radius 1 is 0.613 bits per heavy atom. The molecule has 5 aromatic carbocycles. The third-order valence-electron chi connectivity index (χ3n) is 12.2. The van der Waals surface area contributed by atoms with E-state index in [4.69, 9.17) is 28.4 Å². The van der Waals surface area contributed by atoms with Crippen molar-refractivity contribution in [1.29, 1.82) is 0 Å². The Balaban J connectivity index is 0.000000215. The van der Waals surface area contributed by atoms with Crippen molar-refractivity contribution in [3.8, 4) is 28.7 Å². The number of aliphatic carboxylic acids is 1. The molecule has 80 heavy (non-hydrogen) atoms. The van der Waals surface area contributed by atoms with Crippen LogP contribution in [0.3, 0.4) is 0 Å². The fourth-order valence-electron chi connectivity index (χ4n) is 8.38. The maximum atomic E-state index is 13.9. The van der Waals surface area contributed by atoms with Crippen molar-refractivity contribution in [3.05, 3.63) is 161 Å². The van der Waals surface area contributed by atoms with Gasteiger partial charge in [0.1, 0.15) is 57.7 Å². The molecule has 2 aliphatic rings. The van der Waals surface area contributed by atoms with E-state index in [1.807, 2.05) is 0 Å². The van der Waals surface area contributed by atoms with Crippen LogP contribution in [0.25, 0.3) is 21.8 Å². The van der Waals surface area contributed by atoms with Gasteiger partial charge in [0.15, 0.2) is 23.7 Å². The Kier molecular flexibility index (Phi) is 17.4. The fourth-order valence-corrected chi connectivity index (χ4v) is 11.0. The molecule has 0 fully saturated rings. The molecule has 22 nitrogen and oxygen atoms in total. The highest BCUT2D eigenvalue weighted by Gasteiger charge is 2.45. The third-order valence-corrected chi connectivity index (χ3v) is 15.4. The highest BCUT2D eigenvalue weighted by molar-refractivity contribution is 7.54. The molecule has 0 spiro atoms. The van der Waals surface area contributed by atoms with E-state index in [0.29, 0.717) is 11.1 Å². The molecule has 4 heterocycles. The van der Waals surface area contributed by atoms with E-state index in [9.17, 15) is 61.8 Å². The molecule has 0 aliphatic carbocycles. The van der Waals surface area contributed by atoms with Crippen molar-refractivity contribution in [2.24, 2.45) is 0 Å². The summed E-state index contributed by atoms with van der Waals surface area (Å²) in [5.41, 5.74) is -0.164. The monoisotopic (exact) mass is 1140 g/mol. The van der Waals surface area contributed by atoms with Crippen molar-refractivity contribution in [1.82, 2.24) is 19.8 Å². The number of aromatic hydroxyl groups is 2. The van der Waals surface area contributed by atoms with Crippen LogP contribution in [0, 0.1) is 11.6 Å². The van der Waals surface area contributed by atoms with Crippen molar-refractivity contribution >= 4 is 72.6 Å². The van der Waals surface area contributed by atoms with Crippen LogP contribution in [0.5, 0.6) is 28.7 Å². The molecule has 2 unspecified atom stereocenters. The standard InChI is InChI=1S/C31H28FN2O9P.C23H20FN2O9P/c1-3-40-31(38)19(2)42-44(39,43-22-8-5-4-6-9-22)17-16-41-28-23-10-7-15-33-26(23)27(35)24-25(28)30(37)34(29(24)36)18-20-11-13-21(32)14-12-20;1-12(23(30)31)35-36(32,33)10-9-34-20-15-3-2-8-25-18(15)19(27)16-17(20)22(29)26(21(16)28)11-13-4-6-14(24)7-5-13/h4-15,19,35H,3,16-18H2,1-2H3;2-8,12,27H,9-11H2,1H3,(H,30,31)(H,32,33)/t19-,44?;12-/m10/s1. The maximum Gasteiger partial charge on any atom is 0.383 e. The van der Waals surface area contributed by atoms with Gasteiger partial charge in [0.25, 0.3) is 23.6 Å². The number of nitrogens with zero attached hydrogens (tertiary/aromatic N) is 4. The molecule has 416 valence electrons. The number of aromatic nitrogens is 2. The highest BCUT2D eigenvalue weighted by Crippen LogP contribution is 2.51. The Morgan fingerprint density at radius 3 is 1.51 bits per heavy atom. The summed E-state index contributed by atoms with van der Waals surface area (Å²) in [5.74, 6) is -7.27. The van der Waals surface area contributed by atoms with Gasteiger partial charge >= 0.3 is 27.1 Å². The lowest BCUT2D eigenvalue weighted by atomic mass is 10.0. The number of para-hydroxylation sites is 1. The van der Waals surface area contributed by atoms with E-state index in [2.05, 4.69) is 14.5 Å². The summed E-state index contributed by atoms with van der Waals surface area (Å²) in [7, 11) is -8.46. The van der Waals surface area contributed by atoms with Gasteiger partial charge in [0.05, 0.1) is 49.8 Å². The van der Waals surface area contributed by atoms with E-state index in [1.165, 1.54) is 80.0 Å². The van der Waals surface area contributed by atoms with Crippen molar-refractivity contribution in [2.45, 2.75) is 46.1 Å². The van der Waals surface area contributed by atoms with Gasteiger partial charge < -0.3 is 38.9 Å². The molecule has 2 aromatic heterocycles. The van der Waals surface area contributed by atoms with Crippen molar-refractivity contribution in [2.75, 3.05) is 32.1 Å². The number of pyridine rings is 2. The van der Waals surface area contributed by atoms with Gasteiger partial charge in [-0.2, -0.15) is 0 Å². The van der Waals surface area contributed by atoms with Gasteiger partial charge in [-0.25, -0.2) is 22.9 Å². The Morgan fingerprint density at radius 2 is 1.06 bits per heavy atom. The molecule has 7 aromatic rings. The predicted octanol–water partition coefficient (Wildman–Crippen LogP) is 8.42. The molecule has 0 saturated carbocycles. The predicted molar refractivity (Wildman–Crippen MR) is 279 cm³/mol. The number of carboxylic acid groups (broad SMARTS) is 1. The molecule has 0 saturated heterocycles. The second-order valence-electron chi connectivity index (χ2n) is 17.7. The Labute approximate surface area is 453 Å². The maximum absolute atomic E-state index is 13.9. The van der Waals surface area contributed by atoms with Crippen LogP contribution >= 0.6 is 15.2 Å². The summed E-state index contributed by atoms with van der Waals surface area (Å²) in [6.45, 7) is 2.97. The Hall–Kier alpha value is -8.66. The average molecular weight is 1140 g/mol. The lowest BCUT2D eigenvalue weighted by Crippen LogP contribution is -2.29. The van der Waals surface area contributed by atoms with E-state index in [-0.39, 0.29) is 93.8 Å². The lowest BCUT2D eigenvalue weighted by Gasteiger charge is -2.23. The van der Waals surface area contributed by atoms with Gasteiger partial charge in [-0.15, -0.1) is 0 Å². The summed E-state index contributed by atoms with van der Waals surface area (Å²) in [6, 6.07) is 24.8. The molecule has 4 atom stereocenters. The van der Waals surface area contributed by atoms with Crippen LogP contribution < -0.4 is 14.0 Å². The smallest absolute Gasteiger partial charge is 0.383 e. The van der Waals surface area contributed by atoms with Crippen molar-refractivity contribution < 1.29 is 94.7 Å². The first-order valence-corrected chi connectivity index (χ1v) is 27.8.